The maximum absolute atomic E-state index is 5.94. The molecule has 2 aromatic heterocycles. The van der Waals surface area contributed by atoms with E-state index in [0.717, 1.165) is 66.0 Å². The topological polar surface area (TPSA) is 77.8 Å². The summed E-state index contributed by atoms with van der Waals surface area (Å²) in [5.41, 5.74) is 3.22. The van der Waals surface area contributed by atoms with Crippen molar-refractivity contribution < 1.29 is 4.74 Å². The molecule has 0 fully saturated rings. The monoisotopic (exact) mass is 350 g/mol. The Bertz CT molecular complexity index is 920. The molecule has 7 nitrogen and oxygen atoms in total. The molecule has 1 aliphatic heterocycles. The lowest BCUT2D eigenvalue weighted by atomic mass is 10.0. The Hall–Kier alpha value is -2.96. The summed E-state index contributed by atoms with van der Waals surface area (Å²) in [7, 11) is 0. The quantitative estimate of drug-likeness (QED) is 0.762. The predicted octanol–water partition coefficient (Wildman–Crippen LogP) is 2.53. The summed E-state index contributed by atoms with van der Waals surface area (Å²) >= 11 is 0. The van der Waals surface area contributed by atoms with Crippen LogP contribution in [0.1, 0.15) is 35.4 Å². The molecule has 3 aromatic rings. The summed E-state index contributed by atoms with van der Waals surface area (Å²) in [5.74, 6) is 3.53. The van der Waals surface area contributed by atoms with E-state index in [9.17, 15) is 0 Å². The number of nitrogens with one attached hydrogen (secondary N) is 1. The average molecular weight is 350 g/mol. The minimum atomic E-state index is 0.467. The highest BCUT2D eigenvalue weighted by Crippen LogP contribution is 2.30. The molecule has 4 rings (SSSR count). The maximum atomic E-state index is 5.94. The molecule has 0 radical (unpaired) electrons. The van der Waals surface area contributed by atoms with Crippen molar-refractivity contribution in [3.05, 3.63) is 59.1 Å². The summed E-state index contributed by atoms with van der Waals surface area (Å²) in [6.07, 6.45) is 3.32. The highest BCUT2D eigenvalue weighted by atomic mass is 16.5. The van der Waals surface area contributed by atoms with E-state index in [1.165, 1.54) is 0 Å². The fourth-order valence-electron chi connectivity index (χ4n) is 3.26. The molecular formula is C19H22N6O. The number of ether oxygens (including phenoxy) is 1. The van der Waals surface area contributed by atoms with Crippen molar-refractivity contribution in [1.29, 1.82) is 0 Å². The molecular weight excluding hydrogens is 328 g/mol. The van der Waals surface area contributed by atoms with Crippen LogP contribution in [0, 0.1) is 6.92 Å². The molecule has 1 aromatic carbocycles. The van der Waals surface area contributed by atoms with Gasteiger partial charge in [-0.1, -0.05) is 18.2 Å². The molecule has 26 heavy (non-hydrogen) atoms. The molecule has 0 saturated carbocycles. The lowest BCUT2D eigenvalue weighted by molar-refractivity contribution is 0.302. The van der Waals surface area contributed by atoms with Crippen LogP contribution >= 0.6 is 0 Å². The van der Waals surface area contributed by atoms with E-state index in [2.05, 4.69) is 43.0 Å². The van der Waals surface area contributed by atoms with E-state index in [0.29, 0.717) is 6.61 Å². The van der Waals surface area contributed by atoms with E-state index in [1.807, 2.05) is 25.1 Å². The van der Waals surface area contributed by atoms with Crippen molar-refractivity contribution >= 4 is 5.82 Å². The molecule has 0 aliphatic carbocycles. The van der Waals surface area contributed by atoms with Crippen LogP contribution < -0.4 is 10.1 Å². The standard InChI is InChI=1S/C19H22N6O/c1-3-25-12-21-24-18(25)8-9-20-19-15-10-14-6-4-5-7-17(14)26-11-16(15)22-13(2)23-19/h4-7,12H,3,8-11H2,1-2H3,(H,20,22,23). The number of aromatic nitrogens is 5. The first-order valence-corrected chi connectivity index (χ1v) is 8.92. The SMILES string of the molecule is CCn1cnnc1CCNc1nc(C)nc2c1Cc1ccccc1OC2. The van der Waals surface area contributed by atoms with E-state index in [1.54, 1.807) is 6.33 Å². The zero-order valence-corrected chi connectivity index (χ0v) is 15.1. The third-order valence-electron chi connectivity index (χ3n) is 4.59. The van der Waals surface area contributed by atoms with Gasteiger partial charge in [0.15, 0.2) is 0 Å². The van der Waals surface area contributed by atoms with Crippen LogP contribution in [0.15, 0.2) is 30.6 Å². The Morgan fingerprint density at radius 2 is 2.12 bits per heavy atom. The summed E-state index contributed by atoms with van der Waals surface area (Å²) in [6.45, 7) is 6.08. The van der Waals surface area contributed by atoms with Crippen LogP contribution in [0.4, 0.5) is 5.82 Å². The van der Waals surface area contributed by atoms with Gasteiger partial charge in [0.2, 0.25) is 0 Å². The van der Waals surface area contributed by atoms with Gasteiger partial charge in [-0.25, -0.2) is 9.97 Å². The highest BCUT2D eigenvalue weighted by Gasteiger charge is 2.19. The Morgan fingerprint density at radius 1 is 1.23 bits per heavy atom. The molecule has 1 N–H and O–H groups in total. The van der Waals surface area contributed by atoms with Crippen LogP contribution in [-0.2, 0) is 26.0 Å². The maximum Gasteiger partial charge on any atom is 0.134 e. The number of benzene rings is 1. The lowest BCUT2D eigenvalue weighted by Crippen LogP contribution is -2.14. The van der Waals surface area contributed by atoms with E-state index >= 15 is 0 Å². The van der Waals surface area contributed by atoms with Gasteiger partial charge in [-0.2, -0.15) is 0 Å². The van der Waals surface area contributed by atoms with Crippen molar-refractivity contribution in [1.82, 2.24) is 24.7 Å². The molecule has 134 valence electrons. The third kappa shape index (κ3) is 3.24. The van der Waals surface area contributed by atoms with E-state index in [-0.39, 0.29) is 0 Å². The molecule has 7 heteroatoms. The first kappa shape index (κ1) is 16.5. The Kier molecular flexibility index (Phi) is 4.51. The average Bonchev–Trinajstić information content (AvgIpc) is 3.02. The smallest absolute Gasteiger partial charge is 0.134 e. The zero-order chi connectivity index (χ0) is 17.9. The van der Waals surface area contributed by atoms with Crippen molar-refractivity contribution in [2.24, 2.45) is 0 Å². The largest absolute Gasteiger partial charge is 0.487 e. The van der Waals surface area contributed by atoms with Crippen LogP contribution in [0.3, 0.4) is 0 Å². The molecule has 0 bridgehead atoms. The Labute approximate surface area is 152 Å². The van der Waals surface area contributed by atoms with Gasteiger partial charge < -0.3 is 14.6 Å². The second-order valence-corrected chi connectivity index (χ2v) is 6.33. The molecule has 1 aliphatic rings. The second kappa shape index (κ2) is 7.11. The normalized spacial score (nSPS) is 12.7. The third-order valence-corrected chi connectivity index (χ3v) is 4.59. The molecule has 0 amide bonds. The molecule has 0 saturated heterocycles. The summed E-state index contributed by atoms with van der Waals surface area (Å²) in [5, 5.41) is 11.6. The summed E-state index contributed by atoms with van der Waals surface area (Å²) < 4.78 is 7.99. The lowest BCUT2D eigenvalue weighted by Gasteiger charge is -2.13. The van der Waals surface area contributed by atoms with Crippen molar-refractivity contribution in [3.8, 4) is 5.75 Å². The fourth-order valence-corrected chi connectivity index (χ4v) is 3.26. The van der Waals surface area contributed by atoms with Crippen LogP contribution in [0.2, 0.25) is 0 Å². The fraction of sp³-hybridized carbons (Fsp3) is 0.368. The first-order chi connectivity index (χ1) is 12.7. The Balaban J connectivity index is 1.56. The number of para-hydroxylation sites is 1. The molecule has 0 atom stereocenters. The van der Waals surface area contributed by atoms with Gasteiger partial charge in [0, 0.05) is 31.5 Å². The van der Waals surface area contributed by atoms with Crippen LogP contribution in [0.25, 0.3) is 0 Å². The van der Waals surface area contributed by atoms with Crippen molar-refractivity contribution in [2.45, 2.75) is 39.8 Å². The summed E-state index contributed by atoms with van der Waals surface area (Å²) in [4.78, 5) is 9.24. The van der Waals surface area contributed by atoms with E-state index in [4.69, 9.17) is 4.74 Å². The van der Waals surface area contributed by atoms with E-state index < -0.39 is 0 Å². The molecule has 3 heterocycles. The van der Waals surface area contributed by atoms with Gasteiger partial charge in [-0.05, 0) is 25.5 Å². The van der Waals surface area contributed by atoms with Gasteiger partial charge in [-0.3, -0.25) is 0 Å². The number of fused-ring (bicyclic) bond motifs is 2. The van der Waals surface area contributed by atoms with Gasteiger partial charge in [0.05, 0.1) is 5.69 Å². The van der Waals surface area contributed by atoms with Crippen molar-refractivity contribution in [3.63, 3.8) is 0 Å². The zero-order valence-electron chi connectivity index (χ0n) is 15.1. The van der Waals surface area contributed by atoms with Gasteiger partial charge >= 0.3 is 0 Å². The number of hydrogen-bond acceptors (Lipinski definition) is 6. The number of anilines is 1. The minimum absolute atomic E-state index is 0.467. The van der Waals surface area contributed by atoms with Crippen LogP contribution in [0.5, 0.6) is 5.75 Å². The number of nitrogens with zero attached hydrogens (tertiary/aromatic N) is 5. The molecule has 0 unspecified atom stereocenters. The van der Waals surface area contributed by atoms with Crippen LogP contribution in [-0.4, -0.2) is 31.3 Å². The van der Waals surface area contributed by atoms with Gasteiger partial charge in [-0.15, -0.1) is 10.2 Å². The van der Waals surface area contributed by atoms with Crippen molar-refractivity contribution in [2.75, 3.05) is 11.9 Å². The minimum Gasteiger partial charge on any atom is -0.487 e. The first-order valence-electron chi connectivity index (χ1n) is 8.92. The van der Waals surface area contributed by atoms with Gasteiger partial charge in [0.25, 0.3) is 0 Å². The number of rotatable bonds is 5. The summed E-state index contributed by atoms with van der Waals surface area (Å²) in [6, 6.07) is 8.13. The number of hydrogen-bond donors (Lipinski definition) is 1. The second-order valence-electron chi connectivity index (χ2n) is 6.33. The van der Waals surface area contributed by atoms with Gasteiger partial charge in [0.1, 0.15) is 36.2 Å². The highest BCUT2D eigenvalue weighted by molar-refractivity contribution is 5.52. The Morgan fingerprint density at radius 3 is 3.00 bits per heavy atom. The number of aryl methyl sites for hydroxylation is 2. The molecule has 0 spiro atoms. The predicted molar refractivity (Wildman–Crippen MR) is 98.2 cm³/mol.